The van der Waals surface area contributed by atoms with Crippen LogP contribution >= 0.6 is 11.3 Å². The molecule has 0 unspecified atom stereocenters. The third-order valence-corrected chi connectivity index (χ3v) is 6.61. The number of carbonyl (C=O) groups is 1. The van der Waals surface area contributed by atoms with Gasteiger partial charge in [0, 0.05) is 38.7 Å². The molecule has 0 spiro atoms. The summed E-state index contributed by atoms with van der Waals surface area (Å²) in [5.41, 5.74) is 2.95. The summed E-state index contributed by atoms with van der Waals surface area (Å²) < 4.78 is 16.5. The molecule has 2 N–H and O–H groups in total. The van der Waals surface area contributed by atoms with Crippen molar-refractivity contribution in [2.75, 3.05) is 0 Å². The summed E-state index contributed by atoms with van der Waals surface area (Å²) >= 11 is 1.55. The second-order valence-electron chi connectivity index (χ2n) is 7.83. The van der Waals surface area contributed by atoms with Gasteiger partial charge in [0.05, 0.1) is 6.54 Å². The highest BCUT2D eigenvalue weighted by atomic mass is 32.1. The average Bonchev–Trinajstić information content (AvgIpc) is 3.42. The Labute approximate surface area is 192 Å². The number of benzene rings is 2. The number of aryl methyl sites for hydroxylation is 1. The third-order valence-electron chi connectivity index (χ3n) is 5.69. The summed E-state index contributed by atoms with van der Waals surface area (Å²) in [6.07, 6.45) is 1.50. The molecule has 0 saturated carbocycles. The van der Waals surface area contributed by atoms with Crippen LogP contribution in [-0.2, 0) is 6.54 Å². The smallest absolute Gasteiger partial charge is 0.353 e. The van der Waals surface area contributed by atoms with Crippen LogP contribution in [0.1, 0.15) is 21.6 Å². The number of aromatic amines is 1. The molecule has 7 heteroatoms. The monoisotopic (exact) mass is 458 g/mol. The summed E-state index contributed by atoms with van der Waals surface area (Å²) in [6.45, 7) is 1.91. The minimum absolute atomic E-state index is 0.0109. The highest BCUT2D eigenvalue weighted by molar-refractivity contribution is 7.13. The van der Waals surface area contributed by atoms with Crippen LogP contribution in [0.3, 0.4) is 0 Å². The van der Waals surface area contributed by atoms with Crippen LogP contribution in [0.5, 0.6) is 0 Å². The molecule has 5 rings (SSSR count). The number of H-pyrrole nitrogens is 1. The van der Waals surface area contributed by atoms with Gasteiger partial charge in [-0.1, -0.05) is 23.8 Å². The van der Waals surface area contributed by atoms with E-state index in [0.29, 0.717) is 22.0 Å². The molecule has 5 nitrogen and oxygen atoms in total. The van der Waals surface area contributed by atoms with E-state index in [0.717, 1.165) is 16.0 Å². The van der Waals surface area contributed by atoms with Gasteiger partial charge in [-0.25, -0.2) is 9.18 Å². The van der Waals surface area contributed by atoms with E-state index in [4.69, 9.17) is 0 Å². The first-order chi connectivity index (χ1) is 15.9. The van der Waals surface area contributed by atoms with Crippen LogP contribution in [0.25, 0.3) is 32.5 Å². The number of rotatable bonds is 5. The first-order valence-electron chi connectivity index (χ1n) is 10.3. The van der Waals surface area contributed by atoms with Crippen molar-refractivity contribution in [3.8, 4) is 21.6 Å². The van der Waals surface area contributed by atoms with E-state index in [-0.39, 0.29) is 23.4 Å². The molecular weight excluding hydrogens is 439 g/mol. The minimum atomic E-state index is -1.18. The van der Waals surface area contributed by atoms with Crippen molar-refractivity contribution in [1.82, 2.24) is 9.55 Å². The topological polar surface area (TPSA) is 75.1 Å². The molecule has 5 aromatic rings. The Morgan fingerprint density at radius 1 is 1.12 bits per heavy atom. The lowest BCUT2D eigenvalue weighted by Crippen LogP contribution is -2.14. The standard InChI is InChI=1S/C26H19FN2O3S/c1-15-6-9-21-19(12-15)23(18-4-2-10-28-25(18)30)24(26(31)32)29(21)14-17-13-16(7-8-20(17)27)22-5-3-11-33-22/h2-13H,14H2,1H3,(H,28,30)(H,31,32). The molecule has 0 aliphatic heterocycles. The number of thiophene rings is 1. The van der Waals surface area contributed by atoms with Gasteiger partial charge in [-0.15, -0.1) is 11.3 Å². The van der Waals surface area contributed by atoms with E-state index in [9.17, 15) is 19.1 Å². The predicted octanol–water partition coefficient (Wildman–Crippen LogP) is 5.92. The Hall–Kier alpha value is -3.97. The zero-order chi connectivity index (χ0) is 23.1. The van der Waals surface area contributed by atoms with E-state index in [1.807, 2.05) is 42.6 Å². The van der Waals surface area contributed by atoms with Crippen molar-refractivity contribution in [2.24, 2.45) is 0 Å². The van der Waals surface area contributed by atoms with Crippen molar-refractivity contribution in [3.05, 3.63) is 105 Å². The SMILES string of the molecule is Cc1ccc2c(c1)c(-c1ccc[nH]c1=O)c(C(=O)O)n2Cc1cc(-c2cccs2)ccc1F. The minimum Gasteiger partial charge on any atom is -0.477 e. The Balaban J connectivity index is 1.77. The summed E-state index contributed by atoms with van der Waals surface area (Å²) in [5.74, 6) is -1.60. The maximum Gasteiger partial charge on any atom is 0.353 e. The molecule has 0 bridgehead atoms. The Morgan fingerprint density at radius 2 is 1.97 bits per heavy atom. The first-order valence-corrected chi connectivity index (χ1v) is 11.2. The molecule has 0 radical (unpaired) electrons. The lowest BCUT2D eigenvalue weighted by atomic mass is 10.0. The molecule has 0 amide bonds. The number of carboxylic acids is 1. The molecule has 0 aliphatic carbocycles. The quantitative estimate of drug-likeness (QED) is 0.343. The maximum atomic E-state index is 14.9. The van der Waals surface area contributed by atoms with E-state index < -0.39 is 11.8 Å². The average molecular weight is 459 g/mol. The molecule has 3 aromatic heterocycles. The summed E-state index contributed by atoms with van der Waals surface area (Å²) in [6, 6.07) is 17.6. The molecule has 2 aromatic carbocycles. The second kappa shape index (κ2) is 8.18. The lowest BCUT2D eigenvalue weighted by Gasteiger charge is -2.12. The van der Waals surface area contributed by atoms with Crippen molar-refractivity contribution in [1.29, 1.82) is 0 Å². The molecule has 0 aliphatic rings. The fourth-order valence-electron chi connectivity index (χ4n) is 4.21. The zero-order valence-electron chi connectivity index (χ0n) is 17.6. The van der Waals surface area contributed by atoms with Gasteiger partial charge in [0.1, 0.15) is 11.5 Å². The number of nitrogens with zero attached hydrogens (tertiary/aromatic N) is 1. The molecule has 0 saturated heterocycles. The highest BCUT2D eigenvalue weighted by Gasteiger charge is 2.26. The Morgan fingerprint density at radius 3 is 2.70 bits per heavy atom. The number of fused-ring (bicyclic) bond motifs is 1. The van der Waals surface area contributed by atoms with Crippen LogP contribution in [0.4, 0.5) is 4.39 Å². The van der Waals surface area contributed by atoms with Crippen LogP contribution < -0.4 is 5.56 Å². The Kier molecular flexibility index (Phi) is 5.18. The number of nitrogens with one attached hydrogen (secondary N) is 1. The molecular formula is C26H19FN2O3S. The number of carboxylic acid groups (broad SMARTS) is 1. The number of pyridine rings is 1. The Bertz CT molecular complexity index is 1560. The van der Waals surface area contributed by atoms with Crippen molar-refractivity contribution in [3.63, 3.8) is 0 Å². The van der Waals surface area contributed by atoms with Crippen LogP contribution in [0.15, 0.2) is 77.0 Å². The van der Waals surface area contributed by atoms with E-state index in [1.165, 1.54) is 12.3 Å². The van der Waals surface area contributed by atoms with Gasteiger partial charge in [-0.05, 0) is 60.3 Å². The van der Waals surface area contributed by atoms with Crippen molar-refractivity contribution in [2.45, 2.75) is 13.5 Å². The van der Waals surface area contributed by atoms with E-state index in [2.05, 4.69) is 4.98 Å². The lowest BCUT2D eigenvalue weighted by molar-refractivity contribution is 0.0687. The number of aromatic nitrogens is 2. The summed E-state index contributed by atoms with van der Waals surface area (Å²) in [4.78, 5) is 28.7. The molecule has 3 heterocycles. The largest absolute Gasteiger partial charge is 0.477 e. The number of hydrogen-bond acceptors (Lipinski definition) is 3. The van der Waals surface area contributed by atoms with Gasteiger partial charge < -0.3 is 14.7 Å². The van der Waals surface area contributed by atoms with Gasteiger partial charge in [-0.2, -0.15) is 0 Å². The van der Waals surface area contributed by atoms with E-state index in [1.54, 1.807) is 40.2 Å². The fourth-order valence-corrected chi connectivity index (χ4v) is 4.93. The number of halogens is 1. The maximum absolute atomic E-state index is 14.9. The van der Waals surface area contributed by atoms with Crippen molar-refractivity contribution >= 4 is 28.2 Å². The van der Waals surface area contributed by atoms with Crippen LogP contribution in [0, 0.1) is 12.7 Å². The van der Waals surface area contributed by atoms with Gasteiger partial charge in [-0.3, -0.25) is 4.79 Å². The van der Waals surface area contributed by atoms with Gasteiger partial charge in [0.2, 0.25) is 0 Å². The van der Waals surface area contributed by atoms with Crippen molar-refractivity contribution < 1.29 is 14.3 Å². The van der Waals surface area contributed by atoms with Gasteiger partial charge in [0.25, 0.3) is 5.56 Å². The first kappa shape index (κ1) is 20.9. The highest BCUT2D eigenvalue weighted by Crippen LogP contribution is 2.35. The predicted molar refractivity (Wildman–Crippen MR) is 129 cm³/mol. The number of aromatic carboxylic acids is 1. The van der Waals surface area contributed by atoms with Crippen LogP contribution in [-0.4, -0.2) is 20.6 Å². The summed E-state index contributed by atoms with van der Waals surface area (Å²) in [7, 11) is 0. The zero-order valence-corrected chi connectivity index (χ0v) is 18.4. The van der Waals surface area contributed by atoms with Gasteiger partial charge in [0.15, 0.2) is 0 Å². The molecule has 0 atom stereocenters. The second-order valence-corrected chi connectivity index (χ2v) is 8.78. The molecule has 33 heavy (non-hydrogen) atoms. The summed E-state index contributed by atoms with van der Waals surface area (Å²) in [5, 5.41) is 12.8. The molecule has 164 valence electrons. The fraction of sp³-hybridized carbons (Fsp3) is 0.0769. The number of hydrogen-bond donors (Lipinski definition) is 2. The van der Waals surface area contributed by atoms with Gasteiger partial charge >= 0.3 is 5.97 Å². The van der Waals surface area contributed by atoms with Crippen LogP contribution in [0.2, 0.25) is 0 Å². The van der Waals surface area contributed by atoms with E-state index >= 15 is 0 Å². The normalized spacial score (nSPS) is 11.2. The molecule has 0 fully saturated rings. The third kappa shape index (κ3) is 3.66.